The highest BCUT2D eigenvalue weighted by Gasteiger charge is 2.15. The summed E-state index contributed by atoms with van der Waals surface area (Å²) < 4.78 is 11.4. The zero-order chi connectivity index (χ0) is 19.8. The number of aryl methyl sites for hydroxylation is 1. The molecule has 0 radical (unpaired) electrons. The number of esters is 1. The summed E-state index contributed by atoms with van der Waals surface area (Å²) >= 11 is 0. The minimum Gasteiger partial charge on any atom is -0.550 e. The van der Waals surface area contributed by atoms with E-state index < -0.39 is 11.9 Å². The van der Waals surface area contributed by atoms with E-state index in [2.05, 4.69) is 5.10 Å². The lowest BCUT2D eigenvalue weighted by molar-refractivity contribution is -0.306. The Morgan fingerprint density at radius 1 is 1.33 bits per heavy atom. The first-order valence-corrected chi connectivity index (χ1v) is 8.19. The summed E-state index contributed by atoms with van der Waals surface area (Å²) in [6, 6.07) is 8.87. The molecule has 8 heteroatoms. The molecule has 0 N–H and O–H groups in total. The van der Waals surface area contributed by atoms with Crippen molar-refractivity contribution in [2.75, 3.05) is 13.7 Å². The Labute approximate surface area is 156 Å². The number of methoxy groups -OCH3 is 1. The van der Waals surface area contributed by atoms with Crippen molar-refractivity contribution in [3.8, 4) is 23.1 Å². The van der Waals surface area contributed by atoms with Gasteiger partial charge in [0.05, 0.1) is 19.4 Å². The van der Waals surface area contributed by atoms with E-state index in [-0.39, 0.29) is 25.1 Å². The van der Waals surface area contributed by atoms with Gasteiger partial charge in [0, 0.05) is 36.3 Å². The van der Waals surface area contributed by atoms with Gasteiger partial charge < -0.3 is 19.4 Å². The first kappa shape index (κ1) is 19.7. The second kappa shape index (κ2) is 9.20. The van der Waals surface area contributed by atoms with Gasteiger partial charge in [0.15, 0.2) is 0 Å². The maximum absolute atomic E-state index is 11.9. The summed E-state index contributed by atoms with van der Waals surface area (Å²) in [6.45, 7) is 1.89. The average molecular weight is 368 g/mol. The second-order valence-corrected chi connectivity index (χ2v) is 5.44. The molecule has 2 aromatic rings. The first-order chi connectivity index (χ1) is 13.0. The molecule has 0 aliphatic rings. The van der Waals surface area contributed by atoms with Crippen LogP contribution < -0.4 is 9.84 Å². The SMILES string of the molecule is CCOC(=O)C(C#N)=Cc1cn(CCC(=O)[O-])nc1-c1ccc(OC)cc1. The monoisotopic (exact) mass is 368 g/mol. The van der Waals surface area contributed by atoms with Gasteiger partial charge in [0.25, 0.3) is 0 Å². The highest BCUT2D eigenvalue weighted by molar-refractivity contribution is 5.98. The third-order valence-corrected chi connectivity index (χ3v) is 3.61. The van der Waals surface area contributed by atoms with Crippen LogP contribution in [0.3, 0.4) is 0 Å². The third-order valence-electron chi connectivity index (χ3n) is 3.61. The van der Waals surface area contributed by atoms with Crippen LogP contribution in [-0.2, 0) is 20.9 Å². The molecule has 140 valence electrons. The molecule has 1 aromatic carbocycles. The van der Waals surface area contributed by atoms with Crippen LogP contribution in [-0.4, -0.2) is 35.4 Å². The number of carboxylic acids is 1. The summed E-state index contributed by atoms with van der Waals surface area (Å²) in [5.74, 6) is -1.27. The van der Waals surface area contributed by atoms with E-state index in [1.54, 1.807) is 44.5 Å². The summed E-state index contributed by atoms with van der Waals surface area (Å²) in [5.41, 5.74) is 1.53. The van der Waals surface area contributed by atoms with Crippen molar-refractivity contribution in [1.29, 1.82) is 5.26 Å². The average Bonchev–Trinajstić information content (AvgIpc) is 3.07. The van der Waals surface area contributed by atoms with E-state index in [1.165, 1.54) is 10.8 Å². The van der Waals surface area contributed by atoms with E-state index in [9.17, 15) is 20.0 Å². The highest BCUT2D eigenvalue weighted by atomic mass is 16.5. The van der Waals surface area contributed by atoms with Crippen LogP contribution in [0, 0.1) is 11.3 Å². The maximum Gasteiger partial charge on any atom is 0.348 e. The number of carbonyl (C=O) groups is 2. The summed E-state index contributed by atoms with van der Waals surface area (Å²) in [5, 5.41) is 24.3. The fraction of sp³-hybridized carbons (Fsp3) is 0.263. The minimum absolute atomic E-state index is 0.0978. The zero-order valence-corrected chi connectivity index (χ0v) is 15.0. The predicted molar refractivity (Wildman–Crippen MR) is 94.1 cm³/mol. The lowest BCUT2D eigenvalue weighted by Crippen LogP contribution is -2.23. The number of carbonyl (C=O) groups excluding carboxylic acids is 2. The van der Waals surface area contributed by atoms with Crippen molar-refractivity contribution in [3.05, 3.63) is 41.6 Å². The molecular weight excluding hydrogens is 350 g/mol. The quantitative estimate of drug-likeness (QED) is 0.390. The van der Waals surface area contributed by atoms with Crippen LogP contribution in [0.15, 0.2) is 36.0 Å². The Bertz CT molecular complexity index is 891. The number of aromatic nitrogens is 2. The van der Waals surface area contributed by atoms with Gasteiger partial charge >= 0.3 is 5.97 Å². The van der Waals surface area contributed by atoms with Gasteiger partial charge in [-0.05, 0) is 37.3 Å². The number of carboxylic acid groups (broad SMARTS) is 1. The molecule has 0 fully saturated rings. The summed E-state index contributed by atoms with van der Waals surface area (Å²) in [4.78, 5) is 22.6. The fourth-order valence-electron chi connectivity index (χ4n) is 2.34. The molecule has 0 atom stereocenters. The number of ether oxygens (including phenoxy) is 2. The molecule has 0 unspecified atom stereocenters. The van der Waals surface area contributed by atoms with E-state index in [0.29, 0.717) is 17.0 Å². The Kier molecular flexibility index (Phi) is 6.72. The number of hydrogen-bond acceptors (Lipinski definition) is 7. The molecule has 1 heterocycles. The number of nitrogens with zero attached hydrogens (tertiary/aromatic N) is 3. The molecule has 0 saturated carbocycles. The fourth-order valence-corrected chi connectivity index (χ4v) is 2.34. The van der Waals surface area contributed by atoms with Crippen LogP contribution >= 0.6 is 0 Å². The summed E-state index contributed by atoms with van der Waals surface area (Å²) in [6.07, 6.45) is 2.73. The minimum atomic E-state index is -1.20. The number of aliphatic carboxylic acids is 1. The molecule has 0 spiro atoms. The Hall–Kier alpha value is -3.60. The van der Waals surface area contributed by atoms with E-state index in [1.807, 2.05) is 6.07 Å². The van der Waals surface area contributed by atoms with Gasteiger partial charge in [-0.25, -0.2) is 4.79 Å². The van der Waals surface area contributed by atoms with Crippen molar-refractivity contribution in [2.45, 2.75) is 19.9 Å². The topological polar surface area (TPSA) is 117 Å². The van der Waals surface area contributed by atoms with Gasteiger partial charge in [0.1, 0.15) is 17.4 Å². The Balaban J connectivity index is 2.47. The number of hydrogen-bond donors (Lipinski definition) is 0. The summed E-state index contributed by atoms with van der Waals surface area (Å²) in [7, 11) is 1.55. The van der Waals surface area contributed by atoms with Gasteiger partial charge in [0.2, 0.25) is 0 Å². The largest absolute Gasteiger partial charge is 0.550 e. The number of rotatable bonds is 8. The Morgan fingerprint density at radius 2 is 2.04 bits per heavy atom. The predicted octanol–water partition coefficient (Wildman–Crippen LogP) is 1.17. The zero-order valence-electron chi connectivity index (χ0n) is 15.0. The van der Waals surface area contributed by atoms with Crippen molar-refractivity contribution in [2.24, 2.45) is 0 Å². The van der Waals surface area contributed by atoms with Crippen LogP contribution in [0.5, 0.6) is 5.75 Å². The molecule has 27 heavy (non-hydrogen) atoms. The molecule has 1 aromatic heterocycles. The van der Waals surface area contributed by atoms with Crippen LogP contribution in [0.2, 0.25) is 0 Å². The van der Waals surface area contributed by atoms with Gasteiger partial charge in [-0.3, -0.25) is 4.68 Å². The van der Waals surface area contributed by atoms with Crippen LogP contribution in [0.4, 0.5) is 0 Å². The smallest absolute Gasteiger partial charge is 0.348 e. The number of benzene rings is 1. The molecule has 0 bridgehead atoms. The number of nitriles is 1. The molecule has 0 saturated heterocycles. The second-order valence-electron chi connectivity index (χ2n) is 5.44. The van der Waals surface area contributed by atoms with E-state index in [4.69, 9.17) is 9.47 Å². The van der Waals surface area contributed by atoms with Gasteiger partial charge in [-0.1, -0.05) is 0 Å². The maximum atomic E-state index is 11.9. The Morgan fingerprint density at radius 3 is 2.59 bits per heavy atom. The van der Waals surface area contributed by atoms with Gasteiger partial charge in [-0.15, -0.1) is 0 Å². The van der Waals surface area contributed by atoms with E-state index in [0.717, 1.165) is 5.56 Å². The van der Waals surface area contributed by atoms with Crippen molar-refractivity contribution >= 4 is 18.0 Å². The van der Waals surface area contributed by atoms with Crippen molar-refractivity contribution in [3.63, 3.8) is 0 Å². The molecule has 8 nitrogen and oxygen atoms in total. The lowest BCUT2D eigenvalue weighted by atomic mass is 10.1. The first-order valence-electron chi connectivity index (χ1n) is 8.19. The van der Waals surface area contributed by atoms with E-state index >= 15 is 0 Å². The lowest BCUT2D eigenvalue weighted by Gasteiger charge is -2.03. The third kappa shape index (κ3) is 5.19. The molecule has 0 aliphatic carbocycles. The highest BCUT2D eigenvalue weighted by Crippen LogP contribution is 2.26. The van der Waals surface area contributed by atoms with Gasteiger partial charge in [-0.2, -0.15) is 10.4 Å². The molecule has 0 amide bonds. The standard InChI is InChI=1S/C19H19N3O5/c1-3-27-19(25)14(11-20)10-15-12-22(9-8-17(23)24)21-18(15)13-4-6-16(26-2)7-5-13/h4-7,10,12H,3,8-9H2,1-2H3,(H,23,24)/p-1. The molecular formula is C19H18N3O5-. The molecule has 2 rings (SSSR count). The van der Waals surface area contributed by atoms with Crippen molar-refractivity contribution < 1.29 is 24.2 Å². The van der Waals surface area contributed by atoms with Crippen LogP contribution in [0.1, 0.15) is 18.9 Å². The molecule has 0 aliphatic heterocycles. The van der Waals surface area contributed by atoms with Crippen molar-refractivity contribution in [1.82, 2.24) is 9.78 Å². The van der Waals surface area contributed by atoms with Crippen LogP contribution in [0.25, 0.3) is 17.3 Å². The normalized spacial score (nSPS) is 10.9.